The van der Waals surface area contributed by atoms with E-state index in [-0.39, 0.29) is 43.7 Å². The van der Waals surface area contributed by atoms with Crippen LogP contribution in [0.2, 0.25) is 0 Å². The number of hydrogen-bond donors (Lipinski definition) is 2. The Morgan fingerprint density at radius 2 is 1.32 bits per heavy atom. The van der Waals surface area contributed by atoms with E-state index in [1.54, 1.807) is 42.3 Å². The molecule has 2 unspecified atom stereocenters. The molecule has 0 bridgehead atoms. The summed E-state index contributed by atoms with van der Waals surface area (Å²) in [5, 5.41) is 21.6. The van der Waals surface area contributed by atoms with Crippen molar-refractivity contribution in [3.63, 3.8) is 0 Å². The van der Waals surface area contributed by atoms with Gasteiger partial charge < -0.3 is 34.1 Å². The number of ether oxygens (including phenoxy) is 4. The number of methoxy groups -OCH3 is 2. The van der Waals surface area contributed by atoms with Gasteiger partial charge in [-0.3, -0.25) is 14.6 Å². The zero-order valence-corrected chi connectivity index (χ0v) is 25.6. The van der Waals surface area contributed by atoms with E-state index >= 15 is 0 Å². The molecule has 3 aromatic carbocycles. The minimum absolute atomic E-state index is 0.0226. The molecule has 0 saturated carbocycles. The average molecular weight is 611 g/mol. The number of aliphatic hydroxyl groups excluding tert-OH is 2. The van der Waals surface area contributed by atoms with Gasteiger partial charge in [0.05, 0.1) is 31.3 Å². The van der Waals surface area contributed by atoms with Crippen LogP contribution in [0.1, 0.15) is 15.2 Å². The number of rotatable bonds is 15. The first kappa shape index (κ1) is 28.9. The van der Waals surface area contributed by atoms with E-state index in [2.05, 4.69) is 9.80 Å². The molecule has 0 radical (unpaired) electrons. The second-order valence-corrected chi connectivity index (χ2v) is 11.0. The first-order valence-corrected chi connectivity index (χ1v) is 14.8. The Balaban J connectivity index is 1.33. The molecule has 1 amide bonds. The number of aryl methyl sites for hydroxylation is 2. The number of piperazine rings is 1. The highest BCUT2D eigenvalue weighted by molar-refractivity contribution is 5.96. The Bertz CT molecular complexity index is 1430. The first-order valence-electron chi connectivity index (χ1n) is 16.3. The SMILES string of the molecule is [2H]C([2H])([2H])Oc1ccccc1OCC(O)CN(C(=O)CN1CCN(CC(O)COc2ccccc2OC)CC1)c1c(C)cccc1C. The van der Waals surface area contributed by atoms with Crippen molar-refractivity contribution in [2.24, 2.45) is 0 Å². The van der Waals surface area contributed by atoms with Gasteiger partial charge in [-0.25, -0.2) is 0 Å². The molecule has 1 fully saturated rings. The predicted molar refractivity (Wildman–Crippen MR) is 170 cm³/mol. The lowest BCUT2D eigenvalue weighted by Gasteiger charge is -2.36. The van der Waals surface area contributed by atoms with Crippen LogP contribution in [0.15, 0.2) is 66.7 Å². The summed E-state index contributed by atoms with van der Waals surface area (Å²) in [5.74, 6) is 1.25. The number of para-hydroxylation sites is 5. The van der Waals surface area contributed by atoms with E-state index in [0.29, 0.717) is 44.2 Å². The fourth-order valence-corrected chi connectivity index (χ4v) is 5.33. The summed E-state index contributed by atoms with van der Waals surface area (Å²) in [5.41, 5.74) is 2.54. The van der Waals surface area contributed by atoms with Crippen LogP contribution in [-0.2, 0) is 4.79 Å². The highest BCUT2D eigenvalue weighted by atomic mass is 16.5. The van der Waals surface area contributed by atoms with Crippen LogP contribution in [-0.4, -0.2) is 111 Å². The summed E-state index contributed by atoms with van der Waals surface area (Å²) in [6.45, 7) is 7.01. The van der Waals surface area contributed by atoms with Crippen molar-refractivity contribution in [2.75, 3.05) is 78.1 Å². The maximum atomic E-state index is 13.8. The third-order valence-corrected chi connectivity index (χ3v) is 7.59. The van der Waals surface area contributed by atoms with Crippen molar-refractivity contribution in [3.05, 3.63) is 77.9 Å². The molecular formula is C34H45N3O7. The number of aliphatic hydroxyl groups is 2. The van der Waals surface area contributed by atoms with E-state index in [0.717, 1.165) is 16.8 Å². The van der Waals surface area contributed by atoms with E-state index in [9.17, 15) is 15.0 Å². The molecule has 1 aliphatic heterocycles. The van der Waals surface area contributed by atoms with Crippen LogP contribution in [0.25, 0.3) is 0 Å². The Kier molecular flexibility index (Phi) is 10.7. The van der Waals surface area contributed by atoms with Crippen LogP contribution >= 0.6 is 0 Å². The Morgan fingerprint density at radius 3 is 1.89 bits per heavy atom. The first-order chi connectivity index (χ1) is 22.4. The van der Waals surface area contributed by atoms with Gasteiger partial charge in [0.2, 0.25) is 5.91 Å². The molecule has 0 spiro atoms. The highest BCUT2D eigenvalue weighted by Gasteiger charge is 2.27. The third kappa shape index (κ3) is 9.09. The van der Waals surface area contributed by atoms with E-state index in [1.165, 1.54) is 6.07 Å². The van der Waals surface area contributed by atoms with Gasteiger partial charge in [0.25, 0.3) is 0 Å². The second kappa shape index (κ2) is 16.3. The molecule has 0 aliphatic carbocycles. The number of carbonyl (C=O) groups excluding carboxylic acids is 1. The number of anilines is 1. The fourth-order valence-electron chi connectivity index (χ4n) is 5.33. The summed E-state index contributed by atoms with van der Waals surface area (Å²) in [4.78, 5) is 19.7. The maximum Gasteiger partial charge on any atom is 0.241 e. The molecule has 2 atom stereocenters. The summed E-state index contributed by atoms with van der Waals surface area (Å²) in [6.07, 6.45) is -1.77. The summed E-state index contributed by atoms with van der Waals surface area (Å²) >= 11 is 0. The van der Waals surface area contributed by atoms with Gasteiger partial charge in [0.1, 0.15) is 25.4 Å². The number of β-amino-alcohol motifs (C(OH)–C–C–N with tert-alkyl or cyclic N) is 1. The lowest BCUT2D eigenvalue weighted by Crippen LogP contribution is -2.52. The van der Waals surface area contributed by atoms with Gasteiger partial charge in [0, 0.05) is 38.4 Å². The summed E-state index contributed by atoms with van der Waals surface area (Å²) < 4.78 is 44.1. The van der Waals surface area contributed by atoms with Crippen LogP contribution < -0.4 is 23.8 Å². The number of nitrogens with zero attached hydrogens (tertiary/aromatic N) is 3. The zero-order valence-electron chi connectivity index (χ0n) is 28.6. The van der Waals surface area contributed by atoms with Gasteiger partial charge in [-0.2, -0.15) is 0 Å². The minimum Gasteiger partial charge on any atom is -0.493 e. The molecular weight excluding hydrogens is 562 g/mol. The van der Waals surface area contributed by atoms with Gasteiger partial charge in [0.15, 0.2) is 23.0 Å². The number of hydrogen-bond acceptors (Lipinski definition) is 9. The van der Waals surface area contributed by atoms with Crippen molar-refractivity contribution < 1.29 is 38.1 Å². The molecule has 44 heavy (non-hydrogen) atoms. The van der Waals surface area contributed by atoms with E-state index < -0.39 is 19.2 Å². The van der Waals surface area contributed by atoms with Crippen molar-refractivity contribution in [3.8, 4) is 23.0 Å². The van der Waals surface area contributed by atoms with Crippen molar-refractivity contribution in [1.82, 2.24) is 9.80 Å². The van der Waals surface area contributed by atoms with Crippen molar-refractivity contribution >= 4 is 11.6 Å². The largest absolute Gasteiger partial charge is 0.493 e. The molecule has 10 nitrogen and oxygen atoms in total. The Labute approximate surface area is 264 Å². The topological polar surface area (TPSA) is 104 Å². The minimum atomic E-state index is -2.65. The van der Waals surface area contributed by atoms with Crippen LogP contribution in [0.4, 0.5) is 5.69 Å². The Hall–Kier alpha value is -3.83. The second-order valence-electron chi connectivity index (χ2n) is 11.0. The lowest BCUT2D eigenvalue weighted by atomic mass is 10.1. The lowest BCUT2D eigenvalue weighted by molar-refractivity contribution is -0.120. The Morgan fingerprint density at radius 1 is 0.795 bits per heavy atom. The maximum absolute atomic E-state index is 13.8. The molecule has 1 saturated heterocycles. The molecule has 3 aromatic rings. The van der Waals surface area contributed by atoms with Crippen molar-refractivity contribution in [2.45, 2.75) is 26.1 Å². The van der Waals surface area contributed by atoms with Crippen molar-refractivity contribution in [1.29, 1.82) is 0 Å². The van der Waals surface area contributed by atoms with Crippen LogP contribution in [0, 0.1) is 13.8 Å². The van der Waals surface area contributed by atoms with Crippen LogP contribution in [0.3, 0.4) is 0 Å². The number of carbonyl (C=O) groups is 1. The van der Waals surface area contributed by atoms with Gasteiger partial charge >= 0.3 is 0 Å². The monoisotopic (exact) mass is 610 g/mol. The smallest absolute Gasteiger partial charge is 0.241 e. The highest BCUT2D eigenvalue weighted by Crippen LogP contribution is 2.28. The normalized spacial score (nSPS) is 16.6. The molecule has 0 aromatic heterocycles. The number of amides is 1. The fraction of sp³-hybridized carbons (Fsp3) is 0.441. The average Bonchev–Trinajstić information content (AvgIpc) is 3.03. The predicted octanol–water partition coefficient (Wildman–Crippen LogP) is 3.15. The van der Waals surface area contributed by atoms with E-state index in [1.807, 2.05) is 44.2 Å². The molecule has 2 N–H and O–H groups in total. The molecule has 4 rings (SSSR count). The zero-order chi connectivity index (χ0) is 34.0. The molecule has 238 valence electrons. The molecule has 1 aliphatic rings. The summed E-state index contributed by atoms with van der Waals surface area (Å²) in [7, 11) is -1.08. The van der Waals surface area contributed by atoms with Gasteiger partial charge in [-0.05, 0) is 49.2 Å². The quantitative estimate of drug-likeness (QED) is 0.269. The van der Waals surface area contributed by atoms with Crippen LogP contribution in [0.5, 0.6) is 23.0 Å². The summed E-state index contributed by atoms with van der Waals surface area (Å²) in [6, 6.07) is 19.4. The van der Waals surface area contributed by atoms with Gasteiger partial charge in [-0.15, -0.1) is 0 Å². The van der Waals surface area contributed by atoms with E-state index in [4.69, 9.17) is 23.1 Å². The third-order valence-electron chi connectivity index (χ3n) is 7.59. The molecule has 10 heteroatoms. The van der Waals surface area contributed by atoms with Gasteiger partial charge in [-0.1, -0.05) is 42.5 Å². The molecule has 1 heterocycles. The number of benzene rings is 3. The standard InChI is InChI=1S/C34H45N3O7/c1-25-10-9-11-26(2)34(25)37(21-28(39)24-44-32-15-8-6-13-30(32)42-4)33(40)22-36-18-16-35(17-19-36)20-27(38)23-43-31-14-7-5-12-29(31)41-3/h5-15,27-28,38-39H,16-24H2,1-4H3/i4D3.